The Hall–Kier alpha value is -2.42. The summed E-state index contributed by atoms with van der Waals surface area (Å²) < 4.78 is 5.91. The van der Waals surface area contributed by atoms with E-state index in [4.69, 9.17) is 10.5 Å². The van der Waals surface area contributed by atoms with E-state index in [2.05, 4.69) is 0 Å². The van der Waals surface area contributed by atoms with E-state index in [1.807, 2.05) is 4.98 Å². The molecule has 0 aliphatic rings. The van der Waals surface area contributed by atoms with E-state index < -0.39 is 41.6 Å². The number of nitrogens with zero attached hydrogens (tertiary/aromatic N) is 2. The molecular formula is C14H22N4O5. The van der Waals surface area contributed by atoms with Gasteiger partial charge in [0.05, 0.1) is 6.17 Å². The fourth-order valence-electron chi connectivity index (χ4n) is 1.67. The summed E-state index contributed by atoms with van der Waals surface area (Å²) in [5, 5.41) is 0. The molecule has 9 nitrogen and oxygen atoms in total. The van der Waals surface area contributed by atoms with Gasteiger partial charge in [0.25, 0.3) is 11.5 Å². The van der Waals surface area contributed by atoms with E-state index in [-0.39, 0.29) is 5.56 Å². The van der Waals surface area contributed by atoms with Crippen molar-refractivity contribution in [2.75, 3.05) is 6.54 Å². The maximum Gasteiger partial charge on any atom is 0.412 e. The lowest BCUT2D eigenvalue weighted by atomic mass is 10.2. The normalized spacial score (nSPS) is 12.6. The summed E-state index contributed by atoms with van der Waals surface area (Å²) in [5.74, 6) is -0.711. The van der Waals surface area contributed by atoms with Crippen molar-refractivity contribution in [2.45, 2.75) is 46.4 Å². The molecule has 1 amide bonds. The highest BCUT2D eigenvalue weighted by atomic mass is 16.6. The number of nitrogens with one attached hydrogen (secondary N) is 1. The number of aromatic nitrogens is 2. The molecule has 1 heterocycles. The molecule has 0 aliphatic heterocycles. The van der Waals surface area contributed by atoms with Crippen LogP contribution in [0.1, 0.15) is 38.1 Å². The Balaban J connectivity index is 3.04. The highest BCUT2D eigenvalue weighted by Gasteiger charge is 2.27. The second-order valence-corrected chi connectivity index (χ2v) is 6.18. The Morgan fingerprint density at radius 3 is 2.43 bits per heavy atom. The fourth-order valence-corrected chi connectivity index (χ4v) is 1.67. The molecule has 0 saturated carbocycles. The summed E-state index contributed by atoms with van der Waals surface area (Å²) in [5.41, 5.74) is 3.70. The third kappa shape index (κ3) is 5.06. The maximum atomic E-state index is 12.2. The van der Waals surface area contributed by atoms with Gasteiger partial charge in [0.15, 0.2) is 0 Å². The minimum Gasteiger partial charge on any atom is -0.444 e. The topological polar surface area (TPSA) is 127 Å². The maximum absolute atomic E-state index is 12.2. The molecular weight excluding hydrogens is 304 g/mol. The van der Waals surface area contributed by atoms with Crippen LogP contribution in [0.4, 0.5) is 4.79 Å². The minimum atomic E-state index is -0.876. The lowest BCUT2D eigenvalue weighted by molar-refractivity contribution is 0.0172. The van der Waals surface area contributed by atoms with Crippen molar-refractivity contribution in [3.63, 3.8) is 0 Å². The Labute approximate surface area is 133 Å². The number of hydrogen-bond donors (Lipinski definition) is 2. The van der Waals surface area contributed by atoms with Crippen LogP contribution >= 0.6 is 0 Å². The van der Waals surface area contributed by atoms with Gasteiger partial charge in [0, 0.05) is 11.8 Å². The van der Waals surface area contributed by atoms with Gasteiger partial charge in [-0.15, -0.1) is 0 Å². The SMILES string of the molecule is Cc1cn(C(=O)CN(C(=O)OC(C)(C)C)C(C)N)c(=O)[nH]c1=O. The van der Waals surface area contributed by atoms with E-state index >= 15 is 0 Å². The monoisotopic (exact) mass is 326 g/mol. The molecule has 0 bridgehead atoms. The number of amides is 1. The molecule has 0 spiro atoms. The van der Waals surface area contributed by atoms with Crippen LogP contribution in [0.25, 0.3) is 0 Å². The van der Waals surface area contributed by atoms with E-state index in [9.17, 15) is 19.2 Å². The van der Waals surface area contributed by atoms with E-state index in [1.54, 1.807) is 20.8 Å². The van der Waals surface area contributed by atoms with Gasteiger partial charge in [0.2, 0.25) is 0 Å². The van der Waals surface area contributed by atoms with E-state index in [0.717, 1.165) is 15.7 Å². The number of carbonyl (C=O) groups is 2. The molecule has 1 aromatic rings. The zero-order valence-corrected chi connectivity index (χ0v) is 13.9. The molecule has 3 N–H and O–H groups in total. The number of nitrogens with two attached hydrogens (primary N) is 1. The van der Waals surface area contributed by atoms with Crippen molar-refractivity contribution < 1.29 is 14.3 Å². The highest BCUT2D eigenvalue weighted by Crippen LogP contribution is 2.10. The smallest absolute Gasteiger partial charge is 0.412 e. The molecule has 0 saturated heterocycles. The molecule has 128 valence electrons. The zero-order chi connectivity index (χ0) is 17.9. The number of carbonyl (C=O) groups excluding carboxylic acids is 2. The van der Waals surface area contributed by atoms with Gasteiger partial charge in [-0.25, -0.2) is 14.2 Å². The van der Waals surface area contributed by atoms with Crippen LogP contribution < -0.4 is 17.0 Å². The van der Waals surface area contributed by atoms with Gasteiger partial charge in [0.1, 0.15) is 12.1 Å². The summed E-state index contributed by atoms with van der Waals surface area (Å²) in [7, 11) is 0. The first-order chi connectivity index (χ1) is 10.4. The van der Waals surface area contributed by atoms with Gasteiger partial charge < -0.3 is 10.5 Å². The van der Waals surface area contributed by atoms with Crippen LogP contribution in [0.5, 0.6) is 0 Å². The summed E-state index contributed by atoms with van der Waals surface area (Å²) >= 11 is 0. The Bertz CT molecular complexity index is 711. The first-order valence-corrected chi connectivity index (χ1v) is 7.03. The van der Waals surface area contributed by atoms with Gasteiger partial charge in [-0.05, 0) is 34.6 Å². The summed E-state index contributed by atoms with van der Waals surface area (Å²) in [6.45, 7) is 7.56. The Kier molecular flexibility index (Phi) is 5.49. The van der Waals surface area contributed by atoms with Crippen molar-refractivity contribution in [1.82, 2.24) is 14.5 Å². The second-order valence-electron chi connectivity index (χ2n) is 6.18. The molecule has 1 atom stereocenters. The predicted molar refractivity (Wildman–Crippen MR) is 83.3 cm³/mol. The average Bonchev–Trinajstić information content (AvgIpc) is 2.37. The number of aromatic amines is 1. The van der Waals surface area contributed by atoms with Crippen LogP contribution in [0, 0.1) is 6.92 Å². The highest BCUT2D eigenvalue weighted by molar-refractivity contribution is 5.84. The number of H-pyrrole nitrogens is 1. The Morgan fingerprint density at radius 1 is 1.39 bits per heavy atom. The predicted octanol–water partition coefficient (Wildman–Crippen LogP) is 0.0270. The number of ether oxygens (including phenoxy) is 1. The van der Waals surface area contributed by atoms with Gasteiger partial charge in [-0.3, -0.25) is 19.5 Å². The molecule has 1 unspecified atom stereocenters. The van der Waals surface area contributed by atoms with Crippen LogP contribution in [-0.2, 0) is 4.74 Å². The standard InChI is InChI=1S/C14H22N4O5/c1-8-6-18(12(21)16-11(8)20)10(19)7-17(9(2)15)13(22)23-14(3,4)5/h6,9H,7,15H2,1-5H3,(H,16,20,21). The lowest BCUT2D eigenvalue weighted by Gasteiger charge is -2.29. The molecule has 0 aliphatic carbocycles. The van der Waals surface area contributed by atoms with Gasteiger partial charge in [-0.2, -0.15) is 0 Å². The van der Waals surface area contributed by atoms with Crippen LogP contribution in [0.3, 0.4) is 0 Å². The molecule has 23 heavy (non-hydrogen) atoms. The number of rotatable bonds is 3. The van der Waals surface area contributed by atoms with Crippen LogP contribution in [0.2, 0.25) is 0 Å². The largest absolute Gasteiger partial charge is 0.444 e. The third-order valence-electron chi connectivity index (χ3n) is 2.81. The van der Waals surface area contributed by atoms with Gasteiger partial charge in [-0.1, -0.05) is 0 Å². The average molecular weight is 326 g/mol. The van der Waals surface area contributed by atoms with Crippen LogP contribution in [0.15, 0.2) is 15.8 Å². The quantitative estimate of drug-likeness (QED) is 0.754. The van der Waals surface area contributed by atoms with E-state index in [0.29, 0.717) is 0 Å². The molecule has 0 fully saturated rings. The second kappa shape index (κ2) is 6.78. The first-order valence-electron chi connectivity index (χ1n) is 7.03. The summed E-state index contributed by atoms with van der Waals surface area (Å²) in [6, 6.07) is 0. The van der Waals surface area contributed by atoms with Crippen molar-refractivity contribution in [3.8, 4) is 0 Å². The summed E-state index contributed by atoms with van der Waals surface area (Å²) in [4.78, 5) is 50.4. The van der Waals surface area contributed by atoms with Crippen molar-refractivity contribution in [1.29, 1.82) is 0 Å². The van der Waals surface area contributed by atoms with Crippen molar-refractivity contribution >= 4 is 12.0 Å². The zero-order valence-electron chi connectivity index (χ0n) is 13.9. The number of aryl methyl sites for hydroxylation is 1. The minimum absolute atomic E-state index is 0.197. The Morgan fingerprint density at radius 2 is 1.96 bits per heavy atom. The number of hydrogen-bond acceptors (Lipinski definition) is 6. The first kappa shape index (κ1) is 18.6. The van der Waals surface area contributed by atoms with Gasteiger partial charge >= 0.3 is 11.8 Å². The fraction of sp³-hybridized carbons (Fsp3) is 0.571. The molecule has 0 radical (unpaired) electrons. The molecule has 0 aromatic carbocycles. The van der Waals surface area contributed by atoms with Crippen molar-refractivity contribution in [2.24, 2.45) is 5.73 Å². The van der Waals surface area contributed by atoms with E-state index in [1.165, 1.54) is 13.8 Å². The summed E-state index contributed by atoms with van der Waals surface area (Å²) in [6.07, 6.45) is -0.443. The molecule has 9 heteroatoms. The lowest BCUT2D eigenvalue weighted by Crippen LogP contribution is -2.50. The van der Waals surface area contributed by atoms with Crippen LogP contribution in [-0.4, -0.2) is 44.8 Å². The third-order valence-corrected chi connectivity index (χ3v) is 2.81. The molecule has 1 aromatic heterocycles. The van der Waals surface area contributed by atoms with Crippen molar-refractivity contribution in [3.05, 3.63) is 32.6 Å². The molecule has 1 rings (SSSR count).